The smallest absolute Gasteiger partial charge is 0.306 e. The van der Waals surface area contributed by atoms with Gasteiger partial charge in [0.2, 0.25) is 0 Å². The molecule has 0 bridgehead atoms. The van der Waals surface area contributed by atoms with Crippen LogP contribution in [0.4, 0.5) is 5.69 Å². The predicted octanol–water partition coefficient (Wildman–Crippen LogP) is 2.52. The number of ether oxygens (including phenoxy) is 1. The van der Waals surface area contributed by atoms with Gasteiger partial charge in [0, 0.05) is 30.8 Å². The molecule has 1 aromatic rings. The normalized spacial score (nSPS) is 15.8. The Morgan fingerprint density at radius 1 is 1.44 bits per heavy atom. The second-order valence-electron chi connectivity index (χ2n) is 4.03. The topological polar surface area (TPSA) is 29.3 Å². The van der Waals surface area contributed by atoms with Crippen molar-refractivity contribution in [3.05, 3.63) is 29.8 Å². The van der Waals surface area contributed by atoms with Crippen molar-refractivity contribution in [2.45, 2.75) is 26.4 Å². The third kappa shape index (κ3) is 2.35. The van der Waals surface area contributed by atoms with Crippen molar-refractivity contribution in [3.8, 4) is 0 Å². The molecular formula is C13H17NO2. The van der Waals surface area contributed by atoms with Gasteiger partial charge in [-0.25, -0.2) is 0 Å². The number of nitrogens with zero attached hydrogens (tertiary/aromatic N) is 1. The van der Waals surface area contributed by atoms with Gasteiger partial charge in [-0.05, 0) is 13.0 Å². The fourth-order valence-electron chi connectivity index (χ4n) is 1.75. The van der Waals surface area contributed by atoms with Crippen LogP contribution in [0.3, 0.4) is 0 Å². The third-order valence-electron chi connectivity index (χ3n) is 2.76. The van der Waals surface area contributed by atoms with Gasteiger partial charge >= 0.3 is 5.97 Å². The van der Waals surface area contributed by atoms with E-state index in [4.69, 9.17) is 4.74 Å². The number of hydrogen-bond acceptors (Lipinski definition) is 3. The number of para-hydroxylation sites is 1. The van der Waals surface area contributed by atoms with Crippen LogP contribution in [-0.2, 0) is 9.53 Å². The van der Waals surface area contributed by atoms with Crippen LogP contribution in [0, 0.1) is 0 Å². The summed E-state index contributed by atoms with van der Waals surface area (Å²) in [5.74, 6) is -0.145. The van der Waals surface area contributed by atoms with Crippen molar-refractivity contribution in [3.63, 3.8) is 0 Å². The first kappa shape index (κ1) is 11.0. The average Bonchev–Trinajstić information content (AvgIpc) is 3.12. The Morgan fingerprint density at radius 2 is 2.12 bits per heavy atom. The van der Waals surface area contributed by atoms with Crippen LogP contribution in [0.1, 0.15) is 31.9 Å². The Morgan fingerprint density at radius 3 is 2.75 bits per heavy atom. The van der Waals surface area contributed by atoms with Crippen molar-refractivity contribution in [2.24, 2.45) is 0 Å². The minimum Gasteiger partial charge on any atom is -0.458 e. The average molecular weight is 219 g/mol. The lowest BCUT2D eigenvalue weighted by Gasteiger charge is -2.17. The number of benzene rings is 1. The van der Waals surface area contributed by atoms with Gasteiger partial charge in [-0.1, -0.05) is 25.1 Å². The zero-order valence-electron chi connectivity index (χ0n) is 9.77. The number of carbonyl (C=O) groups excluding carboxylic acids is 1. The molecule has 0 radical (unpaired) electrons. The molecule has 3 heteroatoms. The maximum Gasteiger partial charge on any atom is 0.306 e. The van der Waals surface area contributed by atoms with Crippen molar-refractivity contribution in [2.75, 3.05) is 18.0 Å². The second-order valence-corrected chi connectivity index (χ2v) is 4.03. The highest BCUT2D eigenvalue weighted by molar-refractivity contribution is 5.70. The van der Waals surface area contributed by atoms with Crippen LogP contribution in [0.15, 0.2) is 24.3 Å². The molecule has 1 aliphatic rings. The molecule has 86 valence electrons. The summed E-state index contributed by atoms with van der Waals surface area (Å²) in [7, 11) is 0. The van der Waals surface area contributed by atoms with E-state index in [-0.39, 0.29) is 12.1 Å². The summed E-state index contributed by atoms with van der Waals surface area (Å²) in [6.45, 7) is 5.94. The van der Waals surface area contributed by atoms with Gasteiger partial charge in [-0.3, -0.25) is 4.79 Å². The van der Waals surface area contributed by atoms with E-state index in [1.54, 1.807) is 0 Å². The van der Waals surface area contributed by atoms with Crippen molar-refractivity contribution >= 4 is 11.7 Å². The number of hydrogen-bond donors (Lipinski definition) is 0. The van der Waals surface area contributed by atoms with E-state index in [2.05, 4.69) is 11.0 Å². The summed E-state index contributed by atoms with van der Waals surface area (Å²) in [4.78, 5) is 13.5. The molecular weight excluding hydrogens is 202 g/mol. The van der Waals surface area contributed by atoms with E-state index in [0.29, 0.717) is 6.42 Å². The summed E-state index contributed by atoms with van der Waals surface area (Å²) in [5, 5.41) is 0. The quantitative estimate of drug-likeness (QED) is 0.575. The molecule has 0 spiro atoms. The summed E-state index contributed by atoms with van der Waals surface area (Å²) in [6, 6.07) is 8.12. The molecule has 3 nitrogen and oxygen atoms in total. The summed E-state index contributed by atoms with van der Waals surface area (Å²) in [6.07, 6.45) is 0.264. The largest absolute Gasteiger partial charge is 0.458 e. The predicted molar refractivity (Wildman–Crippen MR) is 63.5 cm³/mol. The van der Waals surface area contributed by atoms with Gasteiger partial charge in [-0.2, -0.15) is 0 Å². The van der Waals surface area contributed by atoms with Gasteiger partial charge in [0.05, 0.1) is 0 Å². The highest BCUT2D eigenvalue weighted by atomic mass is 16.5. The minimum absolute atomic E-state index is 0.145. The number of anilines is 1. The summed E-state index contributed by atoms with van der Waals surface area (Å²) in [5.41, 5.74) is 2.29. The van der Waals surface area contributed by atoms with Crippen LogP contribution in [0.5, 0.6) is 0 Å². The Kier molecular flexibility index (Phi) is 3.13. The molecule has 1 fully saturated rings. The van der Waals surface area contributed by atoms with E-state index in [0.717, 1.165) is 18.7 Å². The van der Waals surface area contributed by atoms with Gasteiger partial charge < -0.3 is 9.64 Å². The fraction of sp³-hybridized carbons (Fsp3) is 0.462. The van der Waals surface area contributed by atoms with Gasteiger partial charge in [-0.15, -0.1) is 0 Å². The van der Waals surface area contributed by atoms with Gasteiger partial charge in [0.1, 0.15) is 6.10 Å². The van der Waals surface area contributed by atoms with Crippen molar-refractivity contribution in [1.29, 1.82) is 0 Å². The van der Waals surface area contributed by atoms with E-state index < -0.39 is 0 Å². The van der Waals surface area contributed by atoms with E-state index in [1.165, 1.54) is 5.69 Å². The van der Waals surface area contributed by atoms with Crippen molar-refractivity contribution in [1.82, 2.24) is 0 Å². The number of carbonyl (C=O) groups is 1. The molecule has 1 unspecified atom stereocenters. The molecule has 1 heterocycles. The zero-order chi connectivity index (χ0) is 11.5. The van der Waals surface area contributed by atoms with E-state index in [1.807, 2.05) is 32.0 Å². The molecule has 0 aliphatic carbocycles. The molecule has 1 aromatic carbocycles. The highest BCUT2D eigenvalue weighted by Crippen LogP contribution is 2.31. The molecule has 0 amide bonds. The first-order valence-corrected chi connectivity index (χ1v) is 5.75. The van der Waals surface area contributed by atoms with Crippen LogP contribution < -0.4 is 4.90 Å². The molecule has 1 saturated heterocycles. The maximum atomic E-state index is 11.3. The molecule has 2 rings (SSSR count). The summed E-state index contributed by atoms with van der Waals surface area (Å²) < 4.78 is 5.34. The fourth-order valence-corrected chi connectivity index (χ4v) is 1.75. The standard InChI is InChI=1S/C13H17NO2/c1-3-13(15)16-10(2)11-6-4-5-7-12(11)14-8-9-14/h4-7,10H,3,8-9H2,1-2H3. The van der Waals surface area contributed by atoms with Crippen molar-refractivity contribution < 1.29 is 9.53 Å². The van der Waals surface area contributed by atoms with Crippen LogP contribution in [-0.4, -0.2) is 19.1 Å². The molecule has 0 saturated carbocycles. The van der Waals surface area contributed by atoms with Gasteiger partial charge in [0.15, 0.2) is 0 Å². The maximum absolute atomic E-state index is 11.3. The Hall–Kier alpha value is -1.51. The highest BCUT2D eigenvalue weighted by Gasteiger charge is 2.23. The zero-order valence-corrected chi connectivity index (χ0v) is 9.77. The van der Waals surface area contributed by atoms with Crippen LogP contribution in [0.2, 0.25) is 0 Å². The molecule has 0 N–H and O–H groups in total. The Bertz CT molecular complexity index is 385. The van der Waals surface area contributed by atoms with Gasteiger partial charge in [0.25, 0.3) is 0 Å². The number of esters is 1. The first-order valence-electron chi connectivity index (χ1n) is 5.75. The van der Waals surface area contributed by atoms with Crippen LogP contribution in [0.25, 0.3) is 0 Å². The molecule has 1 atom stereocenters. The monoisotopic (exact) mass is 219 g/mol. The third-order valence-corrected chi connectivity index (χ3v) is 2.76. The second kappa shape index (κ2) is 4.56. The lowest BCUT2D eigenvalue weighted by Crippen LogP contribution is -2.09. The van der Waals surface area contributed by atoms with Crippen LogP contribution >= 0.6 is 0 Å². The molecule has 1 aliphatic heterocycles. The Labute approximate surface area is 96.0 Å². The number of rotatable bonds is 4. The lowest BCUT2D eigenvalue weighted by molar-refractivity contribution is -0.148. The summed E-state index contributed by atoms with van der Waals surface area (Å²) >= 11 is 0. The first-order chi connectivity index (χ1) is 7.72. The van der Waals surface area contributed by atoms with E-state index in [9.17, 15) is 4.79 Å². The Balaban J connectivity index is 2.15. The lowest BCUT2D eigenvalue weighted by atomic mass is 10.1. The molecule has 16 heavy (non-hydrogen) atoms. The van der Waals surface area contributed by atoms with E-state index >= 15 is 0 Å². The minimum atomic E-state index is -0.163. The molecule has 0 aromatic heterocycles. The SMILES string of the molecule is CCC(=O)OC(C)c1ccccc1N1CC1.